The molecule has 7 heteroatoms. The van der Waals surface area contributed by atoms with Crippen LogP contribution in [0.3, 0.4) is 0 Å². The number of carbonyl (C=O) groups is 1. The predicted molar refractivity (Wildman–Crippen MR) is 99.7 cm³/mol. The minimum atomic E-state index is -0.362. The molecule has 3 N–H and O–H groups in total. The largest absolute Gasteiger partial charge is 0.370 e. The van der Waals surface area contributed by atoms with Gasteiger partial charge in [0, 0.05) is 23.1 Å². The summed E-state index contributed by atoms with van der Waals surface area (Å²) in [5.74, 6) is 0.137. The molecule has 0 atom stereocenters. The molecule has 0 aliphatic carbocycles. The molecule has 2 aromatic heterocycles. The van der Waals surface area contributed by atoms with Gasteiger partial charge in [-0.25, -0.2) is 4.98 Å². The van der Waals surface area contributed by atoms with Crippen LogP contribution in [0.1, 0.15) is 17.5 Å². The maximum absolute atomic E-state index is 12.5. The standard InChI is InChI=1S/C17H17N3O2S2/c1-9-3-4-11(10(2)7-9)12-8-24-16-14(12)15(22)19-17(20-16)23-6-5-13(18)21/h3-4,7-8H,5-6H2,1-2H3,(H2,18,21)(H,19,20,22). The number of nitrogens with two attached hydrogens (primary N) is 1. The van der Waals surface area contributed by atoms with Gasteiger partial charge in [0.2, 0.25) is 5.91 Å². The smallest absolute Gasteiger partial charge is 0.260 e. The summed E-state index contributed by atoms with van der Waals surface area (Å²) >= 11 is 2.78. The molecule has 2 heterocycles. The monoisotopic (exact) mass is 359 g/mol. The molecule has 124 valence electrons. The fourth-order valence-corrected chi connectivity index (χ4v) is 4.37. The zero-order valence-corrected chi connectivity index (χ0v) is 15.0. The lowest BCUT2D eigenvalue weighted by Gasteiger charge is -2.06. The van der Waals surface area contributed by atoms with Gasteiger partial charge in [-0.3, -0.25) is 9.59 Å². The molecule has 0 fully saturated rings. The van der Waals surface area contributed by atoms with Crippen LogP contribution in [0.25, 0.3) is 21.3 Å². The maximum Gasteiger partial charge on any atom is 0.260 e. The van der Waals surface area contributed by atoms with Crippen molar-refractivity contribution in [3.05, 3.63) is 45.1 Å². The number of thiophene rings is 1. The molecular weight excluding hydrogens is 342 g/mol. The summed E-state index contributed by atoms with van der Waals surface area (Å²) in [5.41, 5.74) is 9.26. The van der Waals surface area contributed by atoms with Crippen LogP contribution in [0, 0.1) is 13.8 Å². The highest BCUT2D eigenvalue weighted by molar-refractivity contribution is 7.99. The second kappa shape index (κ2) is 6.78. The van der Waals surface area contributed by atoms with Gasteiger partial charge in [-0.2, -0.15) is 0 Å². The third kappa shape index (κ3) is 3.37. The van der Waals surface area contributed by atoms with Gasteiger partial charge in [-0.05, 0) is 25.0 Å². The van der Waals surface area contributed by atoms with E-state index in [1.807, 2.05) is 31.4 Å². The zero-order chi connectivity index (χ0) is 17.3. The lowest BCUT2D eigenvalue weighted by Crippen LogP contribution is -2.12. The average molecular weight is 359 g/mol. The number of carbonyl (C=O) groups excluding carboxylic acids is 1. The Bertz CT molecular complexity index is 976. The Labute approximate surface area is 147 Å². The van der Waals surface area contributed by atoms with Gasteiger partial charge in [0.1, 0.15) is 4.83 Å². The second-order valence-electron chi connectivity index (χ2n) is 5.58. The average Bonchev–Trinajstić information content (AvgIpc) is 2.91. The van der Waals surface area contributed by atoms with E-state index < -0.39 is 0 Å². The molecule has 0 saturated carbocycles. The van der Waals surface area contributed by atoms with Gasteiger partial charge in [0.25, 0.3) is 5.56 Å². The Balaban J connectivity index is 2.01. The molecule has 3 aromatic rings. The van der Waals surface area contributed by atoms with Crippen molar-refractivity contribution in [3.8, 4) is 11.1 Å². The van der Waals surface area contributed by atoms with Gasteiger partial charge >= 0.3 is 0 Å². The summed E-state index contributed by atoms with van der Waals surface area (Å²) in [6.45, 7) is 4.09. The number of fused-ring (bicyclic) bond motifs is 1. The van der Waals surface area contributed by atoms with Gasteiger partial charge in [0.15, 0.2) is 5.16 Å². The first-order valence-corrected chi connectivity index (χ1v) is 9.32. The Morgan fingerprint density at radius 3 is 2.83 bits per heavy atom. The minimum Gasteiger partial charge on any atom is -0.370 e. The number of rotatable bonds is 5. The summed E-state index contributed by atoms with van der Waals surface area (Å²) in [4.78, 5) is 31.3. The molecule has 0 spiro atoms. The van der Waals surface area contributed by atoms with Crippen molar-refractivity contribution < 1.29 is 4.79 Å². The third-order valence-electron chi connectivity index (χ3n) is 3.68. The molecule has 0 bridgehead atoms. The van der Waals surface area contributed by atoms with E-state index in [1.165, 1.54) is 28.7 Å². The maximum atomic E-state index is 12.5. The number of amides is 1. The lowest BCUT2D eigenvalue weighted by atomic mass is 9.99. The molecule has 5 nitrogen and oxygen atoms in total. The Hall–Kier alpha value is -2.12. The summed E-state index contributed by atoms with van der Waals surface area (Å²) in [6.07, 6.45) is 0.255. The van der Waals surface area contributed by atoms with Crippen LogP contribution in [0.4, 0.5) is 0 Å². The summed E-state index contributed by atoms with van der Waals surface area (Å²) in [7, 11) is 0. The number of thioether (sulfide) groups is 1. The number of nitrogens with zero attached hydrogens (tertiary/aromatic N) is 1. The molecular formula is C17H17N3O2S2. The first-order chi connectivity index (χ1) is 11.5. The first-order valence-electron chi connectivity index (χ1n) is 7.46. The van der Waals surface area contributed by atoms with Crippen molar-refractivity contribution in [1.82, 2.24) is 9.97 Å². The number of hydrogen-bond donors (Lipinski definition) is 2. The van der Waals surface area contributed by atoms with E-state index in [9.17, 15) is 9.59 Å². The SMILES string of the molecule is Cc1ccc(-c2csc3nc(SCCC(N)=O)[nH]c(=O)c23)c(C)c1. The number of nitrogens with one attached hydrogen (secondary N) is 1. The van der Waals surface area contributed by atoms with Crippen LogP contribution in [0.5, 0.6) is 0 Å². The molecule has 24 heavy (non-hydrogen) atoms. The Morgan fingerprint density at radius 2 is 2.12 bits per heavy atom. The number of aromatic amines is 1. The van der Waals surface area contributed by atoms with Crippen LogP contribution in [-0.2, 0) is 4.79 Å². The van der Waals surface area contributed by atoms with Crippen molar-refractivity contribution in [2.24, 2.45) is 5.73 Å². The van der Waals surface area contributed by atoms with Crippen LogP contribution in [-0.4, -0.2) is 21.6 Å². The zero-order valence-electron chi connectivity index (χ0n) is 13.4. The van der Waals surface area contributed by atoms with Gasteiger partial charge < -0.3 is 10.7 Å². The highest BCUT2D eigenvalue weighted by Gasteiger charge is 2.14. The fourth-order valence-electron chi connectivity index (χ4n) is 2.56. The van der Waals surface area contributed by atoms with E-state index in [4.69, 9.17) is 5.73 Å². The normalized spacial score (nSPS) is 11.1. The quantitative estimate of drug-likeness (QED) is 0.541. The number of H-pyrrole nitrogens is 1. The number of aryl methyl sites for hydroxylation is 2. The van der Waals surface area contributed by atoms with Crippen molar-refractivity contribution in [1.29, 1.82) is 0 Å². The van der Waals surface area contributed by atoms with E-state index in [0.29, 0.717) is 21.1 Å². The number of aromatic nitrogens is 2. The van der Waals surface area contributed by atoms with Crippen molar-refractivity contribution in [2.75, 3.05) is 5.75 Å². The summed E-state index contributed by atoms with van der Waals surface area (Å²) in [6, 6.07) is 6.19. The molecule has 0 radical (unpaired) electrons. The second-order valence-corrected chi connectivity index (χ2v) is 7.53. The predicted octanol–water partition coefficient (Wildman–Crippen LogP) is 3.24. The van der Waals surface area contributed by atoms with Crippen LogP contribution >= 0.6 is 23.1 Å². The van der Waals surface area contributed by atoms with Gasteiger partial charge in [0.05, 0.1) is 5.39 Å². The van der Waals surface area contributed by atoms with E-state index in [2.05, 4.69) is 16.0 Å². The molecule has 3 rings (SSSR count). The topological polar surface area (TPSA) is 88.8 Å². The molecule has 0 aliphatic rings. The van der Waals surface area contributed by atoms with Crippen molar-refractivity contribution >= 4 is 39.2 Å². The van der Waals surface area contributed by atoms with E-state index in [-0.39, 0.29) is 17.9 Å². The number of hydrogen-bond acceptors (Lipinski definition) is 5. The van der Waals surface area contributed by atoms with E-state index >= 15 is 0 Å². The Kier molecular flexibility index (Phi) is 4.73. The number of primary amides is 1. The van der Waals surface area contributed by atoms with E-state index in [0.717, 1.165) is 16.7 Å². The lowest BCUT2D eigenvalue weighted by molar-refractivity contribution is -0.117. The van der Waals surface area contributed by atoms with Crippen LogP contribution < -0.4 is 11.3 Å². The van der Waals surface area contributed by atoms with Crippen LogP contribution in [0.2, 0.25) is 0 Å². The molecule has 1 amide bonds. The first kappa shape index (κ1) is 16.7. The summed E-state index contributed by atoms with van der Waals surface area (Å²) in [5, 5.41) is 3.11. The van der Waals surface area contributed by atoms with Crippen molar-refractivity contribution in [2.45, 2.75) is 25.4 Å². The van der Waals surface area contributed by atoms with Crippen molar-refractivity contribution in [3.63, 3.8) is 0 Å². The van der Waals surface area contributed by atoms with Gasteiger partial charge in [-0.15, -0.1) is 11.3 Å². The fraction of sp³-hybridized carbons (Fsp3) is 0.235. The summed E-state index contributed by atoms with van der Waals surface area (Å²) < 4.78 is 0. The molecule has 0 aliphatic heterocycles. The molecule has 0 saturated heterocycles. The molecule has 1 aromatic carbocycles. The van der Waals surface area contributed by atoms with Crippen LogP contribution in [0.15, 0.2) is 33.5 Å². The third-order valence-corrected chi connectivity index (χ3v) is 5.43. The number of benzene rings is 1. The highest BCUT2D eigenvalue weighted by Crippen LogP contribution is 2.33. The minimum absolute atomic E-state index is 0.155. The molecule has 0 unspecified atom stereocenters. The highest BCUT2D eigenvalue weighted by atomic mass is 32.2. The Morgan fingerprint density at radius 1 is 1.33 bits per heavy atom. The van der Waals surface area contributed by atoms with E-state index in [1.54, 1.807) is 0 Å². The van der Waals surface area contributed by atoms with Gasteiger partial charge in [-0.1, -0.05) is 35.5 Å².